The maximum absolute atomic E-state index is 15.1. The Labute approximate surface area is 400 Å². The molecule has 0 radical (unpaired) electrons. The maximum atomic E-state index is 15.1. The van der Waals surface area contributed by atoms with Crippen LogP contribution >= 0.6 is 0 Å². The molecule has 3 aromatic rings. The van der Waals surface area contributed by atoms with Gasteiger partial charge < -0.3 is 56.9 Å². The van der Waals surface area contributed by atoms with E-state index < -0.39 is 117 Å². The third-order valence-corrected chi connectivity index (χ3v) is 17.2. The van der Waals surface area contributed by atoms with Crippen molar-refractivity contribution >= 4 is 49.7 Å². The number of carboxylic acid groups (broad SMARTS) is 1. The highest BCUT2D eigenvalue weighted by Crippen LogP contribution is 2.46. The molecule has 4 atom stereocenters. The molecule has 0 aliphatic carbocycles. The van der Waals surface area contributed by atoms with Crippen LogP contribution in [0.1, 0.15) is 90.4 Å². The van der Waals surface area contributed by atoms with Crippen LogP contribution in [-0.4, -0.2) is 131 Å². The molecule has 68 heavy (non-hydrogen) atoms. The number of hydrogen-bond donors (Lipinski definition) is 9. The molecular formula is C48H68AlF2N7O10. The lowest BCUT2D eigenvalue weighted by Gasteiger charge is -2.41. The fourth-order valence-electron chi connectivity index (χ4n) is 8.76. The van der Waals surface area contributed by atoms with E-state index in [0.29, 0.717) is 24.2 Å². The lowest BCUT2D eigenvalue weighted by molar-refractivity contribution is -0.140. The SMILES string of the molecule is CC(C)(C)[C@H](c1cc(-c2cc(F)ccc2F)cn1Cc1ccccc1)N(CC[C@H](N)C(=O)NCCNC(=O)[C@@H](CCC(=O)O)NC(=O)CNC(=O)C(CC(O)O)C[C](C)(C)[Al]1[CH2]C[CH2]1)C(=O)CO. The van der Waals surface area contributed by atoms with E-state index in [1.165, 1.54) is 4.90 Å². The number of benzene rings is 2. The molecule has 4 rings (SSSR count). The number of amides is 5. The summed E-state index contributed by atoms with van der Waals surface area (Å²) in [5.41, 5.74) is 7.45. The van der Waals surface area contributed by atoms with Crippen LogP contribution in [0, 0.1) is 23.0 Å². The fraction of sp³-hybridized carbons (Fsp3) is 0.542. The van der Waals surface area contributed by atoms with Gasteiger partial charge in [0.05, 0.1) is 18.6 Å². The molecule has 372 valence electrons. The molecule has 2 heterocycles. The summed E-state index contributed by atoms with van der Waals surface area (Å²) in [6.07, 6.45) is 0.510. The Morgan fingerprint density at radius 3 is 2.13 bits per heavy atom. The van der Waals surface area contributed by atoms with Crippen molar-refractivity contribution in [3.05, 3.63) is 83.7 Å². The molecule has 1 fully saturated rings. The number of hydrogen-bond acceptors (Lipinski definition) is 10. The molecule has 5 amide bonds. The van der Waals surface area contributed by atoms with Crippen LogP contribution in [0.2, 0.25) is 14.8 Å². The highest BCUT2D eigenvalue weighted by Gasteiger charge is 2.42. The number of carbonyl (C=O) groups excluding carboxylic acids is 5. The summed E-state index contributed by atoms with van der Waals surface area (Å²) < 4.78 is 31.3. The molecule has 10 N–H and O–H groups in total. The number of carboxylic acids is 1. The van der Waals surface area contributed by atoms with Crippen LogP contribution in [0.3, 0.4) is 0 Å². The van der Waals surface area contributed by atoms with Gasteiger partial charge in [-0.25, -0.2) is 8.78 Å². The minimum Gasteiger partial charge on any atom is -0.481 e. The Kier molecular flexibility index (Phi) is 20.7. The van der Waals surface area contributed by atoms with Crippen LogP contribution in [0.5, 0.6) is 0 Å². The van der Waals surface area contributed by atoms with Gasteiger partial charge >= 0.3 is 5.97 Å². The molecule has 20 heteroatoms. The van der Waals surface area contributed by atoms with Gasteiger partial charge in [0.1, 0.15) is 24.3 Å². The predicted octanol–water partition coefficient (Wildman–Crippen LogP) is 3.19. The second kappa shape index (κ2) is 25.4. The lowest BCUT2D eigenvalue weighted by atomic mass is 9.82. The smallest absolute Gasteiger partial charge is 0.303 e. The van der Waals surface area contributed by atoms with Gasteiger partial charge in [-0.2, -0.15) is 0 Å². The van der Waals surface area contributed by atoms with Crippen molar-refractivity contribution < 1.29 is 58.0 Å². The highest BCUT2D eigenvalue weighted by molar-refractivity contribution is 6.64. The van der Waals surface area contributed by atoms with Crippen LogP contribution in [-0.2, 0) is 35.3 Å². The molecule has 0 bridgehead atoms. The van der Waals surface area contributed by atoms with Crippen molar-refractivity contribution in [2.24, 2.45) is 17.1 Å². The van der Waals surface area contributed by atoms with E-state index >= 15 is 4.39 Å². The van der Waals surface area contributed by atoms with Crippen molar-refractivity contribution in [1.29, 1.82) is 0 Å². The topological polar surface area (TPSA) is 266 Å². The zero-order valence-corrected chi connectivity index (χ0v) is 40.8. The van der Waals surface area contributed by atoms with Gasteiger partial charge in [0.25, 0.3) is 14.1 Å². The van der Waals surface area contributed by atoms with Crippen LogP contribution in [0.25, 0.3) is 11.1 Å². The number of aliphatic hydroxyl groups excluding tert-OH is 2. The van der Waals surface area contributed by atoms with Crippen LogP contribution in [0.4, 0.5) is 8.78 Å². The second-order valence-electron chi connectivity index (χ2n) is 19.4. The summed E-state index contributed by atoms with van der Waals surface area (Å²) in [7, 11) is 0. The molecule has 17 nitrogen and oxygen atoms in total. The van der Waals surface area contributed by atoms with E-state index in [1.807, 2.05) is 55.7 Å². The average Bonchev–Trinajstić information content (AvgIpc) is 3.64. The Balaban J connectivity index is 1.38. The van der Waals surface area contributed by atoms with Crippen molar-refractivity contribution in [2.45, 2.75) is 119 Å². The van der Waals surface area contributed by atoms with Gasteiger partial charge in [-0.1, -0.05) is 86.2 Å². The molecule has 1 saturated heterocycles. The quantitative estimate of drug-likeness (QED) is 0.0321. The number of aromatic nitrogens is 1. The predicted molar refractivity (Wildman–Crippen MR) is 252 cm³/mol. The van der Waals surface area contributed by atoms with Crippen molar-refractivity contribution in [2.75, 3.05) is 32.8 Å². The van der Waals surface area contributed by atoms with Crippen molar-refractivity contribution in [3.63, 3.8) is 0 Å². The van der Waals surface area contributed by atoms with Gasteiger partial charge in [-0.05, 0) is 54.5 Å². The molecule has 0 spiro atoms. The molecular weight excluding hydrogens is 900 g/mol. The van der Waals surface area contributed by atoms with E-state index in [9.17, 15) is 53.6 Å². The molecule has 1 aliphatic heterocycles. The summed E-state index contributed by atoms with van der Waals surface area (Å²) >= 11 is -1.10. The summed E-state index contributed by atoms with van der Waals surface area (Å²) in [5, 5.41) is 51.2. The minimum atomic E-state index is -1.72. The Morgan fingerprint density at radius 2 is 1.54 bits per heavy atom. The third-order valence-electron chi connectivity index (χ3n) is 12.5. The minimum absolute atomic E-state index is 0.0212. The monoisotopic (exact) mass is 967 g/mol. The number of nitrogens with two attached hydrogens (primary N) is 1. The lowest BCUT2D eigenvalue weighted by Crippen LogP contribution is -2.51. The number of aliphatic hydroxyl groups is 3. The van der Waals surface area contributed by atoms with E-state index in [1.54, 1.807) is 12.3 Å². The second-order valence-corrected chi connectivity index (χ2v) is 23.5. The Hall–Kier alpha value is -5.23. The van der Waals surface area contributed by atoms with E-state index in [-0.39, 0.29) is 48.7 Å². The first-order valence-corrected chi connectivity index (χ1v) is 25.3. The molecule has 1 aliphatic rings. The fourth-order valence-corrected chi connectivity index (χ4v) is 11.8. The summed E-state index contributed by atoms with van der Waals surface area (Å²) in [4.78, 5) is 78.8. The standard InChI is InChI=1S/C45H62F2N7O10.C3H6.Al/c1-27(2)19-29(21-40(60)61)42(62)51-23-37(56)52-35(13-14-39(58)59)44(64)50-17-16-49-43(63)34(48)15-18-54(38(57)26-55)41(45(3,4)5)36-20-30(32-22-31(46)11-12-33(32)47)25-53(36)24-28-9-7-6-8-10-28;1-3-2;/h6-12,20,22,25,29,34-35,40-41,55,60-61H,13-19,21,23-24,26,48H2,1-5H3,(H,49,63)(H,50,64)(H,51,62)(H,52,56)(H,58,59);1-3H2;/t29?,34-,35+,41-;;/m0../s1. The molecule has 0 saturated carbocycles. The number of rotatable bonds is 26. The highest BCUT2D eigenvalue weighted by atomic mass is 27.2. The zero-order valence-electron chi connectivity index (χ0n) is 39.6. The van der Waals surface area contributed by atoms with Crippen LogP contribution in [0.15, 0.2) is 60.8 Å². The third kappa shape index (κ3) is 16.5. The van der Waals surface area contributed by atoms with Gasteiger partial charge in [0.15, 0.2) is 6.29 Å². The van der Waals surface area contributed by atoms with Crippen molar-refractivity contribution in [3.8, 4) is 11.1 Å². The average molecular weight is 968 g/mol. The van der Waals surface area contributed by atoms with E-state index in [0.717, 1.165) is 40.7 Å². The van der Waals surface area contributed by atoms with Gasteiger partial charge in [0.2, 0.25) is 29.5 Å². The van der Waals surface area contributed by atoms with Crippen LogP contribution < -0.4 is 27.0 Å². The number of aliphatic carboxylic acids is 1. The van der Waals surface area contributed by atoms with Crippen molar-refractivity contribution in [1.82, 2.24) is 30.7 Å². The maximum Gasteiger partial charge on any atom is 0.303 e. The van der Waals surface area contributed by atoms with Gasteiger partial charge in [-0.3, -0.25) is 28.8 Å². The number of nitrogens with one attached hydrogen (secondary N) is 4. The van der Waals surface area contributed by atoms with Gasteiger partial charge in [0, 0.05) is 68.0 Å². The molecule has 2 aromatic carbocycles. The molecule has 1 aromatic heterocycles. The molecule has 1 unspecified atom stereocenters. The first kappa shape index (κ1) is 55.4. The first-order valence-electron chi connectivity index (χ1n) is 23.1. The number of halogens is 2. The summed E-state index contributed by atoms with van der Waals surface area (Å²) in [6, 6.07) is 11.0. The van der Waals surface area contributed by atoms with Gasteiger partial charge in [-0.15, -0.1) is 0 Å². The van der Waals surface area contributed by atoms with E-state index in [2.05, 4.69) is 35.1 Å². The van der Waals surface area contributed by atoms with E-state index in [4.69, 9.17) is 5.73 Å². The summed E-state index contributed by atoms with van der Waals surface area (Å²) in [5.74, 6) is -6.60. The Morgan fingerprint density at radius 1 is 0.882 bits per heavy atom. The summed E-state index contributed by atoms with van der Waals surface area (Å²) in [6.45, 7) is 8.36. The Bertz CT molecular complexity index is 2200. The largest absolute Gasteiger partial charge is 0.481 e. The zero-order chi connectivity index (χ0) is 50.3. The normalized spacial score (nSPS) is 14.6. The first-order chi connectivity index (χ1) is 32.0. The number of nitrogens with zero attached hydrogens (tertiary/aromatic N) is 2. The number of carbonyl (C=O) groups is 6.